The molecule has 0 heterocycles. The largest absolute Gasteiger partial charge is 0.426 e. The Balaban J connectivity index is 1.69. The average molecular weight is 460 g/mol. The molecular weight excluding hydrogens is 444 g/mol. The molecule has 25 heavy (non-hydrogen) atoms. The van der Waals surface area contributed by atoms with Crippen LogP contribution in [0.5, 0.6) is 5.75 Å². The normalized spacial score (nSPS) is 20.3. The number of alkyl halides is 1. The molecular formula is C19H16F3IO2. The molecule has 0 unspecified atom stereocenters. The van der Waals surface area contributed by atoms with E-state index in [1.54, 1.807) is 24.3 Å². The quantitative estimate of drug-likeness (QED) is 0.194. The summed E-state index contributed by atoms with van der Waals surface area (Å²) in [6.45, 7) is 0. The van der Waals surface area contributed by atoms with Crippen molar-refractivity contribution in [2.45, 2.75) is 29.6 Å². The predicted molar refractivity (Wildman–Crippen MR) is 97.2 cm³/mol. The van der Waals surface area contributed by atoms with Gasteiger partial charge in [0.1, 0.15) is 5.75 Å². The lowest BCUT2D eigenvalue weighted by Crippen LogP contribution is -2.25. The molecule has 0 spiro atoms. The third-order valence-electron chi connectivity index (χ3n) is 4.38. The SMILES string of the molecule is O=C(Oc1ccc(-c2cc(F)c(F)c(F)c2)cc1)C1CCC(I)CC1. The molecule has 2 nitrogen and oxygen atoms in total. The Hall–Kier alpha value is -1.57. The molecule has 6 heteroatoms. The Morgan fingerprint density at radius 2 is 1.48 bits per heavy atom. The summed E-state index contributed by atoms with van der Waals surface area (Å²) in [5.74, 6) is -3.91. The summed E-state index contributed by atoms with van der Waals surface area (Å²) in [7, 11) is 0. The molecule has 132 valence electrons. The van der Waals surface area contributed by atoms with Crippen molar-refractivity contribution in [3.63, 3.8) is 0 Å². The van der Waals surface area contributed by atoms with Crippen LogP contribution in [0.15, 0.2) is 36.4 Å². The summed E-state index contributed by atoms with van der Waals surface area (Å²) in [4.78, 5) is 12.2. The highest BCUT2D eigenvalue weighted by Gasteiger charge is 2.26. The van der Waals surface area contributed by atoms with Gasteiger partial charge in [-0.15, -0.1) is 0 Å². The molecule has 0 aliphatic heterocycles. The van der Waals surface area contributed by atoms with Crippen molar-refractivity contribution >= 4 is 28.6 Å². The van der Waals surface area contributed by atoms with Gasteiger partial charge in [0, 0.05) is 3.92 Å². The molecule has 0 saturated heterocycles. The summed E-state index contributed by atoms with van der Waals surface area (Å²) < 4.78 is 45.7. The maximum Gasteiger partial charge on any atom is 0.314 e. The van der Waals surface area contributed by atoms with Gasteiger partial charge in [0.2, 0.25) is 0 Å². The number of carbonyl (C=O) groups is 1. The average Bonchev–Trinajstić information content (AvgIpc) is 2.60. The van der Waals surface area contributed by atoms with E-state index >= 15 is 0 Å². The minimum Gasteiger partial charge on any atom is -0.426 e. The van der Waals surface area contributed by atoms with Gasteiger partial charge in [-0.2, -0.15) is 0 Å². The number of rotatable bonds is 3. The first-order valence-electron chi connectivity index (χ1n) is 8.05. The number of halogens is 4. The lowest BCUT2D eigenvalue weighted by Gasteiger charge is -2.23. The van der Waals surface area contributed by atoms with Gasteiger partial charge in [0.25, 0.3) is 0 Å². The van der Waals surface area contributed by atoms with Crippen molar-refractivity contribution in [3.05, 3.63) is 53.8 Å². The second-order valence-electron chi connectivity index (χ2n) is 6.15. The second-order valence-corrected chi connectivity index (χ2v) is 7.91. The molecule has 2 aromatic rings. The van der Waals surface area contributed by atoms with E-state index in [2.05, 4.69) is 22.6 Å². The van der Waals surface area contributed by atoms with Crippen LogP contribution in [0, 0.1) is 23.4 Å². The Morgan fingerprint density at radius 3 is 2.04 bits per heavy atom. The highest BCUT2D eigenvalue weighted by molar-refractivity contribution is 14.1. The van der Waals surface area contributed by atoms with Crippen LogP contribution in [-0.4, -0.2) is 9.89 Å². The van der Waals surface area contributed by atoms with Crippen molar-refractivity contribution in [3.8, 4) is 16.9 Å². The molecule has 1 saturated carbocycles. The first-order chi connectivity index (χ1) is 11.9. The Bertz CT molecular complexity index is 746. The van der Waals surface area contributed by atoms with E-state index in [4.69, 9.17) is 4.74 Å². The number of carbonyl (C=O) groups excluding carboxylic acids is 1. The van der Waals surface area contributed by atoms with Gasteiger partial charge < -0.3 is 4.74 Å². The van der Waals surface area contributed by atoms with Crippen LogP contribution in [0.25, 0.3) is 11.1 Å². The molecule has 0 amide bonds. The van der Waals surface area contributed by atoms with Crippen LogP contribution in [0.3, 0.4) is 0 Å². The maximum absolute atomic E-state index is 13.3. The molecule has 0 radical (unpaired) electrons. The minimum atomic E-state index is -1.49. The van der Waals surface area contributed by atoms with E-state index in [-0.39, 0.29) is 17.5 Å². The molecule has 0 atom stereocenters. The third kappa shape index (κ3) is 4.34. The fourth-order valence-corrected chi connectivity index (χ4v) is 3.64. The second kappa shape index (κ2) is 7.76. The Morgan fingerprint density at radius 1 is 0.920 bits per heavy atom. The zero-order valence-corrected chi connectivity index (χ0v) is 15.4. The van der Waals surface area contributed by atoms with Crippen LogP contribution < -0.4 is 4.74 Å². The van der Waals surface area contributed by atoms with Gasteiger partial charge >= 0.3 is 5.97 Å². The van der Waals surface area contributed by atoms with E-state index in [9.17, 15) is 18.0 Å². The fourth-order valence-electron chi connectivity index (χ4n) is 2.93. The highest BCUT2D eigenvalue weighted by Crippen LogP contribution is 2.31. The predicted octanol–water partition coefficient (Wildman–Crippen LogP) is 5.67. The van der Waals surface area contributed by atoms with E-state index in [0.29, 0.717) is 15.2 Å². The number of hydrogen-bond donors (Lipinski definition) is 0. The molecule has 1 aliphatic rings. The first-order valence-corrected chi connectivity index (χ1v) is 9.29. The molecule has 0 bridgehead atoms. The van der Waals surface area contributed by atoms with E-state index in [0.717, 1.165) is 37.8 Å². The summed E-state index contributed by atoms with van der Waals surface area (Å²) in [5, 5.41) is 0. The van der Waals surface area contributed by atoms with Gasteiger partial charge in [-0.1, -0.05) is 34.7 Å². The molecule has 3 rings (SSSR count). The van der Waals surface area contributed by atoms with Crippen molar-refractivity contribution in [2.24, 2.45) is 5.92 Å². The lowest BCUT2D eigenvalue weighted by atomic mass is 9.89. The number of benzene rings is 2. The first kappa shape index (κ1) is 18.2. The van der Waals surface area contributed by atoms with Crippen molar-refractivity contribution in [2.75, 3.05) is 0 Å². The van der Waals surface area contributed by atoms with E-state index < -0.39 is 17.5 Å². The molecule has 0 N–H and O–H groups in total. The van der Waals surface area contributed by atoms with E-state index in [1.807, 2.05) is 0 Å². The third-order valence-corrected chi connectivity index (χ3v) is 5.63. The molecule has 2 aromatic carbocycles. The van der Waals surface area contributed by atoms with E-state index in [1.165, 1.54) is 0 Å². The standard InChI is InChI=1S/C19H16F3IO2/c20-16-9-13(10-17(21)18(16)22)11-3-7-15(8-4-11)25-19(24)12-1-5-14(23)6-2-12/h3-4,7-10,12,14H,1-2,5-6H2. The van der Waals surface area contributed by atoms with Gasteiger partial charge in [0.15, 0.2) is 17.5 Å². The Kier molecular flexibility index (Phi) is 5.66. The van der Waals surface area contributed by atoms with Crippen molar-refractivity contribution in [1.82, 2.24) is 0 Å². The van der Waals surface area contributed by atoms with Crippen LogP contribution in [0.2, 0.25) is 0 Å². The highest BCUT2D eigenvalue weighted by atomic mass is 127. The Labute approximate surface area is 157 Å². The lowest BCUT2D eigenvalue weighted by molar-refractivity contribution is -0.139. The monoisotopic (exact) mass is 460 g/mol. The van der Waals surface area contributed by atoms with Gasteiger partial charge in [-0.3, -0.25) is 4.79 Å². The molecule has 1 fully saturated rings. The van der Waals surface area contributed by atoms with Gasteiger partial charge in [0.05, 0.1) is 5.92 Å². The van der Waals surface area contributed by atoms with Crippen molar-refractivity contribution in [1.29, 1.82) is 0 Å². The summed E-state index contributed by atoms with van der Waals surface area (Å²) >= 11 is 2.40. The maximum atomic E-state index is 13.3. The summed E-state index contributed by atoms with van der Waals surface area (Å²) in [6.07, 6.45) is 3.69. The van der Waals surface area contributed by atoms with Gasteiger partial charge in [-0.05, 0) is 61.1 Å². The van der Waals surface area contributed by atoms with Crippen LogP contribution in [-0.2, 0) is 4.79 Å². The molecule has 1 aliphatic carbocycles. The summed E-state index contributed by atoms with van der Waals surface area (Å²) in [5.41, 5.74) is 0.720. The van der Waals surface area contributed by atoms with Crippen LogP contribution >= 0.6 is 22.6 Å². The minimum absolute atomic E-state index is 0.0778. The molecule has 0 aromatic heterocycles. The summed E-state index contributed by atoms with van der Waals surface area (Å²) in [6, 6.07) is 8.16. The fraction of sp³-hybridized carbons (Fsp3) is 0.316. The van der Waals surface area contributed by atoms with Gasteiger partial charge in [-0.25, -0.2) is 13.2 Å². The number of hydrogen-bond acceptors (Lipinski definition) is 2. The van der Waals surface area contributed by atoms with Crippen LogP contribution in [0.1, 0.15) is 25.7 Å². The van der Waals surface area contributed by atoms with Crippen molar-refractivity contribution < 1.29 is 22.7 Å². The van der Waals surface area contributed by atoms with Crippen LogP contribution in [0.4, 0.5) is 13.2 Å². The number of ether oxygens (including phenoxy) is 1. The number of esters is 1. The smallest absolute Gasteiger partial charge is 0.314 e. The topological polar surface area (TPSA) is 26.3 Å². The zero-order valence-electron chi connectivity index (χ0n) is 13.3. The zero-order chi connectivity index (χ0) is 18.0.